The highest BCUT2D eigenvalue weighted by Crippen LogP contribution is 2.25. The maximum atomic E-state index is 12.9. The van der Waals surface area contributed by atoms with Crippen LogP contribution in [0, 0.1) is 11.6 Å². The van der Waals surface area contributed by atoms with Crippen LogP contribution >= 0.6 is 36.4 Å². The Morgan fingerprint density at radius 1 is 1.20 bits per heavy atom. The lowest BCUT2D eigenvalue weighted by Crippen LogP contribution is -2.12. The number of hydrogen-bond donors (Lipinski definition) is 1. The number of benzene rings is 1. The van der Waals surface area contributed by atoms with Gasteiger partial charge in [0.25, 0.3) is 0 Å². The highest BCUT2D eigenvalue weighted by Gasteiger charge is 2.11. The van der Waals surface area contributed by atoms with E-state index in [-0.39, 0.29) is 43.0 Å². The maximum Gasteiger partial charge on any atom is 0.190 e. The molecular weight excluding hydrogens is 270 g/mol. The predicted molar refractivity (Wildman–Crippen MR) is 60.4 cm³/mol. The van der Waals surface area contributed by atoms with Gasteiger partial charge in [-0.15, -0.1) is 24.8 Å². The highest BCUT2D eigenvalue weighted by molar-refractivity contribution is 6.30. The zero-order valence-corrected chi connectivity index (χ0v) is 9.89. The van der Waals surface area contributed by atoms with E-state index >= 15 is 0 Å². The van der Waals surface area contributed by atoms with Crippen LogP contribution in [-0.4, -0.2) is 13.2 Å². The Morgan fingerprint density at radius 2 is 1.67 bits per heavy atom. The Balaban J connectivity index is 0. The van der Waals surface area contributed by atoms with Crippen molar-refractivity contribution in [2.75, 3.05) is 13.2 Å². The third kappa shape index (κ3) is 4.84. The third-order valence-corrected chi connectivity index (χ3v) is 1.55. The molecule has 0 aromatic heterocycles. The van der Waals surface area contributed by atoms with Crippen molar-refractivity contribution < 1.29 is 13.5 Å². The van der Waals surface area contributed by atoms with E-state index < -0.39 is 17.4 Å². The van der Waals surface area contributed by atoms with Crippen LogP contribution in [0.25, 0.3) is 0 Å². The summed E-state index contributed by atoms with van der Waals surface area (Å²) in [7, 11) is 0. The normalized spacial score (nSPS) is 8.80. The molecule has 0 aliphatic heterocycles. The molecule has 1 aromatic carbocycles. The van der Waals surface area contributed by atoms with Gasteiger partial charge in [0.2, 0.25) is 0 Å². The van der Waals surface area contributed by atoms with E-state index in [1.165, 1.54) is 0 Å². The summed E-state index contributed by atoms with van der Waals surface area (Å²) in [5, 5.41) is -0.00454. The van der Waals surface area contributed by atoms with Gasteiger partial charge < -0.3 is 10.5 Å². The molecule has 88 valence electrons. The molecule has 7 heteroatoms. The zero-order valence-electron chi connectivity index (χ0n) is 7.50. The molecule has 0 amide bonds. The largest absolute Gasteiger partial charge is 0.486 e. The second kappa shape index (κ2) is 7.93. The molecule has 2 nitrogen and oxygen atoms in total. The van der Waals surface area contributed by atoms with Crippen molar-refractivity contribution >= 4 is 36.4 Å². The van der Waals surface area contributed by atoms with E-state index in [1.807, 2.05) is 0 Å². The summed E-state index contributed by atoms with van der Waals surface area (Å²) >= 11 is 5.40. The minimum absolute atomic E-state index is 0. The van der Waals surface area contributed by atoms with Gasteiger partial charge in [0.15, 0.2) is 17.4 Å². The Morgan fingerprint density at radius 3 is 2.07 bits per heavy atom. The highest BCUT2D eigenvalue weighted by atomic mass is 35.5. The predicted octanol–water partition coefficient (Wildman–Crippen LogP) is 2.80. The first-order valence-corrected chi connectivity index (χ1v) is 4.00. The zero-order chi connectivity index (χ0) is 9.84. The molecule has 0 aliphatic carbocycles. The van der Waals surface area contributed by atoms with Gasteiger partial charge >= 0.3 is 0 Å². The lowest BCUT2D eigenvalue weighted by atomic mass is 10.3. The summed E-state index contributed by atoms with van der Waals surface area (Å²) in [6, 6.07) is 1.97. The molecule has 2 N–H and O–H groups in total. The standard InChI is InChI=1S/C8H8ClF2NO.2ClH/c9-5-3-6(10)8(7(11)4-5)13-2-1-12;;/h3-4H,1-2,12H2;2*1H. The average molecular weight is 281 g/mol. The second-order valence-electron chi connectivity index (χ2n) is 2.34. The molecule has 0 unspecified atom stereocenters. The van der Waals surface area contributed by atoms with Crippen molar-refractivity contribution in [1.82, 2.24) is 0 Å². The monoisotopic (exact) mass is 279 g/mol. The summed E-state index contributed by atoms with van der Waals surface area (Å²) < 4.78 is 30.6. The lowest BCUT2D eigenvalue weighted by molar-refractivity contribution is 0.293. The summed E-state index contributed by atoms with van der Waals surface area (Å²) in [6.45, 7) is 0.261. The summed E-state index contributed by atoms with van der Waals surface area (Å²) in [5.74, 6) is -2.08. The van der Waals surface area contributed by atoms with Gasteiger partial charge in [0.1, 0.15) is 6.61 Å². The number of halogens is 5. The molecule has 0 aliphatic rings. The van der Waals surface area contributed by atoms with E-state index in [2.05, 4.69) is 0 Å². The Kier molecular flexibility index (Phi) is 9.05. The molecule has 0 atom stereocenters. The fraction of sp³-hybridized carbons (Fsp3) is 0.250. The molecule has 0 saturated carbocycles. The van der Waals surface area contributed by atoms with Crippen molar-refractivity contribution in [1.29, 1.82) is 0 Å². The molecule has 0 fully saturated rings. The number of ether oxygens (including phenoxy) is 1. The van der Waals surface area contributed by atoms with Crippen LogP contribution in [0.3, 0.4) is 0 Å². The van der Waals surface area contributed by atoms with Crippen LogP contribution in [0.5, 0.6) is 5.75 Å². The third-order valence-electron chi connectivity index (χ3n) is 1.33. The molecule has 15 heavy (non-hydrogen) atoms. The number of hydrogen-bond acceptors (Lipinski definition) is 2. The molecule has 0 radical (unpaired) electrons. The van der Waals surface area contributed by atoms with Gasteiger partial charge in [-0.2, -0.15) is 0 Å². The first kappa shape index (κ1) is 17.1. The SMILES string of the molecule is Cl.Cl.NCCOc1c(F)cc(Cl)cc1F. The average Bonchev–Trinajstić information content (AvgIpc) is 2.02. The van der Waals surface area contributed by atoms with Crippen molar-refractivity contribution in [3.05, 3.63) is 28.8 Å². The fourth-order valence-corrected chi connectivity index (χ4v) is 1.02. The molecule has 0 spiro atoms. The van der Waals surface area contributed by atoms with Crippen molar-refractivity contribution in [2.24, 2.45) is 5.73 Å². The topological polar surface area (TPSA) is 35.2 Å². The van der Waals surface area contributed by atoms with Crippen molar-refractivity contribution in [3.8, 4) is 5.75 Å². The lowest BCUT2D eigenvalue weighted by Gasteiger charge is -2.06. The smallest absolute Gasteiger partial charge is 0.190 e. The first-order chi connectivity index (χ1) is 6.15. The van der Waals surface area contributed by atoms with Crippen molar-refractivity contribution in [3.63, 3.8) is 0 Å². The van der Waals surface area contributed by atoms with Crippen LogP contribution in [0.15, 0.2) is 12.1 Å². The van der Waals surface area contributed by atoms with Gasteiger partial charge in [-0.1, -0.05) is 11.6 Å². The van der Waals surface area contributed by atoms with E-state index in [1.54, 1.807) is 0 Å². The number of rotatable bonds is 3. The first-order valence-electron chi connectivity index (χ1n) is 3.62. The van der Waals surface area contributed by atoms with Gasteiger partial charge in [0.05, 0.1) is 0 Å². The van der Waals surface area contributed by atoms with Crippen molar-refractivity contribution in [2.45, 2.75) is 0 Å². The van der Waals surface area contributed by atoms with Crippen LogP contribution in [0.2, 0.25) is 5.02 Å². The maximum absolute atomic E-state index is 12.9. The van der Waals surface area contributed by atoms with E-state index in [9.17, 15) is 8.78 Å². The van der Waals surface area contributed by atoms with Gasteiger partial charge in [0, 0.05) is 11.6 Å². The van der Waals surface area contributed by atoms with Crippen LogP contribution in [0.1, 0.15) is 0 Å². The minimum atomic E-state index is -0.821. The fourth-order valence-electron chi connectivity index (χ4n) is 0.828. The molecule has 0 bridgehead atoms. The van der Waals surface area contributed by atoms with Gasteiger partial charge in [-0.25, -0.2) is 8.78 Å². The molecule has 0 saturated heterocycles. The summed E-state index contributed by atoms with van der Waals surface area (Å²) in [6.07, 6.45) is 0. The Bertz CT molecular complexity index is 289. The molecule has 1 aromatic rings. The molecular formula is C8H10Cl3F2NO. The van der Waals surface area contributed by atoms with Crippen LogP contribution in [-0.2, 0) is 0 Å². The van der Waals surface area contributed by atoms with E-state index in [0.29, 0.717) is 0 Å². The number of nitrogens with two attached hydrogens (primary N) is 1. The Hall–Kier alpha value is -0.290. The summed E-state index contributed by atoms with van der Waals surface area (Å²) in [5.41, 5.74) is 5.11. The van der Waals surface area contributed by atoms with E-state index in [0.717, 1.165) is 12.1 Å². The Labute approximate surface area is 104 Å². The van der Waals surface area contributed by atoms with E-state index in [4.69, 9.17) is 22.1 Å². The quantitative estimate of drug-likeness (QED) is 0.924. The van der Waals surface area contributed by atoms with Crippen LogP contribution in [0.4, 0.5) is 8.78 Å². The summed E-state index contributed by atoms with van der Waals surface area (Å²) in [4.78, 5) is 0. The second-order valence-corrected chi connectivity index (χ2v) is 2.77. The van der Waals surface area contributed by atoms with Gasteiger partial charge in [-0.05, 0) is 12.1 Å². The van der Waals surface area contributed by atoms with Crippen LogP contribution < -0.4 is 10.5 Å². The van der Waals surface area contributed by atoms with Gasteiger partial charge in [-0.3, -0.25) is 0 Å². The molecule has 0 heterocycles. The molecule has 1 rings (SSSR count). The minimum Gasteiger partial charge on any atom is -0.486 e.